The third-order valence-corrected chi connectivity index (χ3v) is 4.12. The Morgan fingerprint density at radius 2 is 1.88 bits per heavy atom. The van der Waals surface area contributed by atoms with E-state index in [4.69, 9.17) is 4.42 Å². The average molecular weight is 324 g/mol. The zero-order valence-electron chi connectivity index (χ0n) is 14.0. The van der Waals surface area contributed by atoms with Crippen LogP contribution < -0.4 is 5.76 Å². The van der Waals surface area contributed by atoms with E-state index in [0.717, 1.165) is 5.56 Å². The Morgan fingerprint density at radius 1 is 1.17 bits per heavy atom. The van der Waals surface area contributed by atoms with Crippen molar-refractivity contribution in [1.82, 2.24) is 9.47 Å². The van der Waals surface area contributed by atoms with Crippen molar-refractivity contribution in [3.8, 4) is 0 Å². The maximum Gasteiger partial charge on any atom is 0.419 e. The summed E-state index contributed by atoms with van der Waals surface area (Å²) >= 11 is 0. The highest BCUT2D eigenvalue weighted by atomic mass is 16.4. The van der Waals surface area contributed by atoms with Gasteiger partial charge in [-0.3, -0.25) is 9.36 Å². The van der Waals surface area contributed by atoms with E-state index in [0.29, 0.717) is 23.2 Å². The molecule has 5 nitrogen and oxygen atoms in total. The van der Waals surface area contributed by atoms with Crippen molar-refractivity contribution in [1.29, 1.82) is 0 Å². The monoisotopic (exact) mass is 324 g/mol. The Kier molecular flexibility index (Phi) is 4.25. The highest BCUT2D eigenvalue weighted by Crippen LogP contribution is 2.18. The minimum atomic E-state index is -0.431. The molecule has 1 amide bonds. The predicted molar refractivity (Wildman–Crippen MR) is 92.9 cm³/mol. The quantitative estimate of drug-likeness (QED) is 0.740. The lowest BCUT2D eigenvalue weighted by Gasteiger charge is -2.27. The molecule has 0 bridgehead atoms. The maximum absolute atomic E-state index is 12.9. The van der Waals surface area contributed by atoms with Crippen LogP contribution in [0.1, 0.15) is 29.8 Å². The van der Waals surface area contributed by atoms with Gasteiger partial charge < -0.3 is 9.32 Å². The van der Waals surface area contributed by atoms with Gasteiger partial charge in [0.15, 0.2) is 5.58 Å². The van der Waals surface area contributed by atoms with Gasteiger partial charge >= 0.3 is 5.76 Å². The van der Waals surface area contributed by atoms with Crippen LogP contribution in [0.2, 0.25) is 0 Å². The highest BCUT2D eigenvalue weighted by molar-refractivity contribution is 5.97. The Morgan fingerprint density at radius 3 is 2.54 bits per heavy atom. The third-order valence-electron chi connectivity index (χ3n) is 4.12. The molecule has 124 valence electrons. The predicted octanol–water partition coefficient (Wildman–Crippen LogP) is 3.18. The SMILES string of the molecule is CC(C)N(Cc1ccccc1)C(=O)c1ccc2c(c1)oc(=O)n2C. The molecule has 0 N–H and O–H groups in total. The zero-order valence-corrected chi connectivity index (χ0v) is 14.0. The van der Waals surface area contributed by atoms with Crippen LogP contribution in [0.3, 0.4) is 0 Å². The van der Waals surface area contributed by atoms with Crippen LogP contribution in [0.25, 0.3) is 11.1 Å². The number of amides is 1. The molecule has 3 aromatic rings. The lowest BCUT2D eigenvalue weighted by molar-refractivity contribution is 0.0690. The summed E-state index contributed by atoms with van der Waals surface area (Å²) < 4.78 is 6.61. The molecule has 0 aliphatic carbocycles. The molecule has 1 heterocycles. The van der Waals surface area contributed by atoms with Gasteiger partial charge in [-0.15, -0.1) is 0 Å². The van der Waals surface area contributed by atoms with Gasteiger partial charge in [-0.1, -0.05) is 30.3 Å². The second-order valence-corrected chi connectivity index (χ2v) is 6.12. The van der Waals surface area contributed by atoms with Crippen LogP contribution in [-0.2, 0) is 13.6 Å². The van der Waals surface area contributed by atoms with Crippen molar-refractivity contribution in [2.24, 2.45) is 7.05 Å². The molecule has 2 aromatic carbocycles. The third kappa shape index (κ3) is 2.97. The summed E-state index contributed by atoms with van der Waals surface area (Å²) in [5.74, 6) is -0.512. The van der Waals surface area contributed by atoms with E-state index < -0.39 is 5.76 Å². The number of hydrogen-bond donors (Lipinski definition) is 0. The molecule has 1 aromatic heterocycles. The van der Waals surface area contributed by atoms with E-state index in [9.17, 15) is 9.59 Å². The van der Waals surface area contributed by atoms with Crippen LogP contribution in [0.5, 0.6) is 0 Å². The van der Waals surface area contributed by atoms with Crippen molar-refractivity contribution < 1.29 is 9.21 Å². The summed E-state index contributed by atoms with van der Waals surface area (Å²) in [4.78, 5) is 26.3. The zero-order chi connectivity index (χ0) is 17.3. The van der Waals surface area contributed by atoms with Crippen LogP contribution in [0, 0.1) is 0 Å². The number of aromatic nitrogens is 1. The molecule has 0 saturated heterocycles. The van der Waals surface area contributed by atoms with Gasteiger partial charge in [-0.25, -0.2) is 4.79 Å². The van der Waals surface area contributed by atoms with Crippen molar-refractivity contribution in [3.05, 3.63) is 70.2 Å². The number of nitrogens with zero attached hydrogens (tertiary/aromatic N) is 2. The Labute approximate surface area is 140 Å². The first kappa shape index (κ1) is 16.1. The molecular formula is C19H20N2O3. The van der Waals surface area contributed by atoms with Crippen molar-refractivity contribution >= 4 is 17.0 Å². The molecule has 0 atom stereocenters. The molecule has 0 fully saturated rings. The summed E-state index contributed by atoms with van der Waals surface area (Å²) in [6.07, 6.45) is 0. The highest BCUT2D eigenvalue weighted by Gasteiger charge is 2.20. The first-order chi connectivity index (χ1) is 11.5. The maximum atomic E-state index is 12.9. The molecular weight excluding hydrogens is 304 g/mol. The Hall–Kier alpha value is -2.82. The number of benzene rings is 2. The minimum absolute atomic E-state index is 0.0520. The van der Waals surface area contributed by atoms with E-state index in [1.165, 1.54) is 4.57 Å². The fourth-order valence-electron chi connectivity index (χ4n) is 2.70. The van der Waals surface area contributed by atoms with Gasteiger partial charge in [0.05, 0.1) is 5.52 Å². The minimum Gasteiger partial charge on any atom is -0.408 e. The fourth-order valence-corrected chi connectivity index (χ4v) is 2.70. The largest absolute Gasteiger partial charge is 0.419 e. The summed E-state index contributed by atoms with van der Waals surface area (Å²) in [6.45, 7) is 4.51. The molecule has 24 heavy (non-hydrogen) atoms. The van der Waals surface area contributed by atoms with E-state index in [-0.39, 0.29) is 11.9 Å². The number of carbonyl (C=O) groups is 1. The lowest BCUT2D eigenvalue weighted by atomic mass is 10.1. The number of hydrogen-bond acceptors (Lipinski definition) is 3. The molecule has 5 heteroatoms. The van der Waals surface area contributed by atoms with Crippen LogP contribution in [0.15, 0.2) is 57.7 Å². The number of carbonyl (C=O) groups excluding carboxylic acids is 1. The first-order valence-corrected chi connectivity index (χ1v) is 7.92. The normalized spacial score (nSPS) is 11.2. The number of aryl methyl sites for hydroxylation is 1. The average Bonchev–Trinajstić information content (AvgIpc) is 2.86. The van der Waals surface area contributed by atoms with E-state index >= 15 is 0 Å². The van der Waals surface area contributed by atoms with Gasteiger partial charge in [0, 0.05) is 25.2 Å². The standard InChI is InChI=1S/C19H20N2O3/c1-13(2)21(12-14-7-5-4-6-8-14)18(22)15-9-10-16-17(11-15)24-19(23)20(16)3/h4-11,13H,12H2,1-3H3. The Balaban J connectivity index is 1.94. The molecule has 0 aliphatic rings. The number of oxazole rings is 1. The summed E-state index contributed by atoms with van der Waals surface area (Å²) in [5.41, 5.74) is 2.70. The van der Waals surface area contributed by atoms with E-state index in [1.54, 1.807) is 30.1 Å². The first-order valence-electron chi connectivity index (χ1n) is 7.92. The van der Waals surface area contributed by atoms with Crippen molar-refractivity contribution in [2.45, 2.75) is 26.4 Å². The molecule has 0 spiro atoms. The molecule has 0 saturated carbocycles. The fraction of sp³-hybridized carbons (Fsp3) is 0.263. The van der Waals surface area contributed by atoms with Gasteiger partial charge in [0.1, 0.15) is 0 Å². The molecule has 0 aliphatic heterocycles. The number of rotatable bonds is 4. The summed E-state index contributed by atoms with van der Waals surface area (Å²) in [6, 6.07) is 15.1. The van der Waals surface area contributed by atoms with Gasteiger partial charge in [0.25, 0.3) is 5.91 Å². The van der Waals surface area contributed by atoms with Gasteiger partial charge in [-0.05, 0) is 37.6 Å². The molecule has 0 unspecified atom stereocenters. The Bertz CT molecular complexity index is 923. The van der Waals surface area contributed by atoms with Gasteiger partial charge in [0.2, 0.25) is 0 Å². The number of fused-ring (bicyclic) bond motifs is 1. The van der Waals surface area contributed by atoms with E-state index in [2.05, 4.69) is 0 Å². The second-order valence-electron chi connectivity index (χ2n) is 6.12. The lowest BCUT2D eigenvalue weighted by Crippen LogP contribution is -2.36. The smallest absolute Gasteiger partial charge is 0.408 e. The topological polar surface area (TPSA) is 55.5 Å². The molecule has 3 rings (SSSR count). The summed E-state index contributed by atoms with van der Waals surface area (Å²) in [5, 5.41) is 0. The van der Waals surface area contributed by atoms with Crippen molar-refractivity contribution in [3.63, 3.8) is 0 Å². The van der Waals surface area contributed by atoms with Crippen molar-refractivity contribution in [2.75, 3.05) is 0 Å². The molecule has 0 radical (unpaired) electrons. The summed E-state index contributed by atoms with van der Waals surface area (Å²) in [7, 11) is 1.64. The van der Waals surface area contributed by atoms with Crippen LogP contribution in [-0.4, -0.2) is 21.4 Å². The van der Waals surface area contributed by atoms with Crippen LogP contribution in [0.4, 0.5) is 0 Å². The second kappa shape index (κ2) is 6.35. The van der Waals surface area contributed by atoms with E-state index in [1.807, 2.05) is 44.2 Å². The van der Waals surface area contributed by atoms with Gasteiger partial charge in [-0.2, -0.15) is 0 Å². The van der Waals surface area contributed by atoms with Crippen LogP contribution >= 0.6 is 0 Å².